The van der Waals surface area contributed by atoms with Gasteiger partial charge in [0.2, 0.25) is 0 Å². The van der Waals surface area contributed by atoms with E-state index in [4.69, 9.17) is 4.98 Å². The highest BCUT2D eigenvalue weighted by atomic mass is 19.1. The lowest BCUT2D eigenvalue weighted by Gasteiger charge is -2.17. The molecule has 26 heavy (non-hydrogen) atoms. The van der Waals surface area contributed by atoms with Crippen LogP contribution in [0.3, 0.4) is 0 Å². The molecule has 1 aromatic carbocycles. The van der Waals surface area contributed by atoms with Gasteiger partial charge in [0.1, 0.15) is 23.0 Å². The van der Waals surface area contributed by atoms with Crippen LogP contribution in [-0.2, 0) is 6.54 Å². The second-order valence-electron chi connectivity index (χ2n) is 6.42. The molecule has 1 aliphatic rings. The zero-order chi connectivity index (χ0) is 18.3. The molecule has 3 heterocycles. The van der Waals surface area contributed by atoms with Gasteiger partial charge in [0.25, 0.3) is 5.91 Å². The van der Waals surface area contributed by atoms with Crippen LogP contribution in [0.4, 0.5) is 8.78 Å². The van der Waals surface area contributed by atoms with Crippen LogP contribution in [0.25, 0.3) is 11.2 Å². The first kappa shape index (κ1) is 16.6. The van der Waals surface area contributed by atoms with Crippen molar-refractivity contribution in [3.63, 3.8) is 0 Å². The number of benzene rings is 1. The molecule has 1 amide bonds. The minimum Gasteiger partial charge on any atom is -0.338 e. The van der Waals surface area contributed by atoms with Gasteiger partial charge in [0.05, 0.1) is 5.56 Å². The molecule has 1 aliphatic heterocycles. The van der Waals surface area contributed by atoms with E-state index in [-0.39, 0.29) is 11.5 Å². The maximum absolute atomic E-state index is 13.9. The Hall–Kier alpha value is -2.83. The number of likely N-dealkylation sites (tertiary alicyclic amines) is 1. The quantitative estimate of drug-likeness (QED) is 0.723. The van der Waals surface area contributed by atoms with E-state index >= 15 is 0 Å². The van der Waals surface area contributed by atoms with Gasteiger partial charge in [0, 0.05) is 31.7 Å². The fourth-order valence-corrected chi connectivity index (χ4v) is 3.59. The fraction of sp³-hybridized carbons (Fsp3) is 0.316. The lowest BCUT2D eigenvalue weighted by atomic mass is 10.1. The van der Waals surface area contributed by atoms with E-state index in [2.05, 4.69) is 9.55 Å². The molecule has 1 fully saturated rings. The number of imidazole rings is 1. The van der Waals surface area contributed by atoms with E-state index in [9.17, 15) is 13.6 Å². The number of carbonyl (C=O) groups excluding carboxylic acids is 1. The average Bonchev–Trinajstić information content (AvgIpc) is 3.27. The number of aromatic nitrogens is 3. The standard InChI is InChI=1S/C19H18F2N4O/c1-2-25-17(23-16-4-3-8-22-18(16)25)12-7-9-24(11-12)19(26)14-10-13(20)5-6-15(14)21/h3-6,8,10,12H,2,7,9,11H2,1H3. The third-order valence-corrected chi connectivity index (χ3v) is 4.85. The van der Waals surface area contributed by atoms with Gasteiger partial charge in [-0.25, -0.2) is 18.7 Å². The highest BCUT2D eigenvalue weighted by molar-refractivity contribution is 5.94. The minimum atomic E-state index is -0.704. The van der Waals surface area contributed by atoms with E-state index in [1.807, 2.05) is 19.1 Å². The van der Waals surface area contributed by atoms with Crippen molar-refractivity contribution in [3.8, 4) is 0 Å². The summed E-state index contributed by atoms with van der Waals surface area (Å²) in [6.45, 7) is 3.67. The van der Waals surface area contributed by atoms with Crippen LogP contribution in [0.15, 0.2) is 36.5 Å². The van der Waals surface area contributed by atoms with Gasteiger partial charge in [-0.3, -0.25) is 4.79 Å². The zero-order valence-corrected chi connectivity index (χ0v) is 14.3. The molecule has 0 spiro atoms. The Morgan fingerprint density at radius 1 is 1.31 bits per heavy atom. The molecular formula is C19H18F2N4O. The summed E-state index contributed by atoms with van der Waals surface area (Å²) in [5, 5.41) is 0. The molecule has 3 aromatic rings. The number of fused-ring (bicyclic) bond motifs is 1. The van der Waals surface area contributed by atoms with Gasteiger partial charge < -0.3 is 9.47 Å². The molecule has 0 N–H and O–H groups in total. The first-order chi connectivity index (χ1) is 12.6. The van der Waals surface area contributed by atoms with Gasteiger partial charge in [-0.15, -0.1) is 0 Å². The van der Waals surface area contributed by atoms with E-state index in [1.165, 1.54) is 0 Å². The van der Waals surface area contributed by atoms with E-state index in [0.717, 1.165) is 48.2 Å². The Morgan fingerprint density at radius 2 is 2.15 bits per heavy atom. The molecule has 0 bridgehead atoms. The lowest BCUT2D eigenvalue weighted by Crippen LogP contribution is -2.29. The predicted octanol–water partition coefficient (Wildman–Crippen LogP) is 3.36. The normalized spacial score (nSPS) is 17.2. The van der Waals surface area contributed by atoms with Gasteiger partial charge in [-0.2, -0.15) is 0 Å². The molecule has 5 nitrogen and oxygen atoms in total. The molecular weight excluding hydrogens is 338 g/mol. The fourth-order valence-electron chi connectivity index (χ4n) is 3.59. The van der Waals surface area contributed by atoms with Gasteiger partial charge >= 0.3 is 0 Å². The predicted molar refractivity (Wildman–Crippen MR) is 92.8 cm³/mol. The molecule has 1 unspecified atom stereocenters. The summed E-state index contributed by atoms with van der Waals surface area (Å²) in [5.41, 5.74) is 1.42. The molecule has 4 rings (SSSR count). The molecule has 0 saturated carbocycles. The summed E-state index contributed by atoms with van der Waals surface area (Å²) in [6.07, 6.45) is 2.46. The smallest absolute Gasteiger partial charge is 0.256 e. The van der Waals surface area contributed by atoms with Crippen LogP contribution >= 0.6 is 0 Å². The number of aryl methyl sites for hydroxylation is 1. The molecule has 1 saturated heterocycles. The maximum atomic E-state index is 13.9. The van der Waals surface area contributed by atoms with Crippen LogP contribution in [-0.4, -0.2) is 38.4 Å². The topological polar surface area (TPSA) is 51.0 Å². The molecule has 0 radical (unpaired) electrons. The van der Waals surface area contributed by atoms with Crippen molar-refractivity contribution in [2.24, 2.45) is 0 Å². The first-order valence-corrected chi connectivity index (χ1v) is 8.64. The number of nitrogens with zero attached hydrogens (tertiary/aromatic N) is 4. The van der Waals surface area contributed by atoms with Crippen molar-refractivity contribution in [3.05, 3.63) is 59.6 Å². The summed E-state index contributed by atoms with van der Waals surface area (Å²) in [7, 11) is 0. The molecule has 7 heteroatoms. The summed E-state index contributed by atoms with van der Waals surface area (Å²) in [5.74, 6) is -0.878. The minimum absolute atomic E-state index is 0.0460. The third kappa shape index (κ3) is 2.73. The number of hydrogen-bond acceptors (Lipinski definition) is 3. The first-order valence-electron chi connectivity index (χ1n) is 8.64. The lowest BCUT2D eigenvalue weighted by molar-refractivity contribution is 0.0785. The van der Waals surface area contributed by atoms with Crippen molar-refractivity contribution in [2.75, 3.05) is 13.1 Å². The monoisotopic (exact) mass is 356 g/mol. The number of pyridine rings is 1. The van der Waals surface area contributed by atoms with Crippen molar-refractivity contribution in [1.82, 2.24) is 19.4 Å². The second kappa shape index (κ2) is 6.48. The number of halogens is 2. The van der Waals surface area contributed by atoms with Crippen molar-refractivity contribution in [1.29, 1.82) is 0 Å². The largest absolute Gasteiger partial charge is 0.338 e. The van der Waals surface area contributed by atoms with Crippen molar-refractivity contribution >= 4 is 17.1 Å². The third-order valence-electron chi connectivity index (χ3n) is 4.85. The Balaban J connectivity index is 1.61. The highest BCUT2D eigenvalue weighted by Crippen LogP contribution is 2.30. The second-order valence-corrected chi connectivity index (χ2v) is 6.42. The SMILES string of the molecule is CCn1c(C2CCN(C(=O)c3cc(F)ccc3F)C2)nc2cccnc21. The number of carbonyl (C=O) groups is 1. The summed E-state index contributed by atoms with van der Waals surface area (Å²) < 4.78 is 29.4. The Labute approximate surface area is 149 Å². The molecule has 134 valence electrons. The van der Waals surface area contributed by atoms with Crippen LogP contribution in [0, 0.1) is 11.6 Å². The van der Waals surface area contributed by atoms with Crippen LogP contribution in [0.5, 0.6) is 0 Å². The van der Waals surface area contributed by atoms with E-state index in [1.54, 1.807) is 11.1 Å². The molecule has 0 aliphatic carbocycles. The van der Waals surface area contributed by atoms with Crippen molar-refractivity contribution in [2.45, 2.75) is 25.8 Å². The Bertz CT molecular complexity index is 985. The number of rotatable bonds is 3. The zero-order valence-electron chi connectivity index (χ0n) is 14.3. The van der Waals surface area contributed by atoms with E-state index < -0.39 is 17.5 Å². The van der Waals surface area contributed by atoms with Crippen LogP contribution in [0.1, 0.15) is 35.4 Å². The summed E-state index contributed by atoms with van der Waals surface area (Å²) in [4.78, 5) is 23.3. The van der Waals surface area contributed by atoms with Crippen LogP contribution in [0.2, 0.25) is 0 Å². The van der Waals surface area contributed by atoms with Gasteiger partial charge in [-0.1, -0.05) is 0 Å². The molecule has 2 aromatic heterocycles. The summed E-state index contributed by atoms with van der Waals surface area (Å²) >= 11 is 0. The Morgan fingerprint density at radius 3 is 2.96 bits per heavy atom. The number of amides is 1. The van der Waals surface area contributed by atoms with Crippen LogP contribution < -0.4 is 0 Å². The molecule has 1 atom stereocenters. The van der Waals surface area contributed by atoms with Gasteiger partial charge in [-0.05, 0) is 43.7 Å². The Kier molecular flexibility index (Phi) is 4.14. The maximum Gasteiger partial charge on any atom is 0.256 e. The van der Waals surface area contributed by atoms with Crippen molar-refractivity contribution < 1.29 is 13.6 Å². The summed E-state index contributed by atoms with van der Waals surface area (Å²) in [6, 6.07) is 6.71. The average molecular weight is 356 g/mol. The highest BCUT2D eigenvalue weighted by Gasteiger charge is 2.32. The number of hydrogen-bond donors (Lipinski definition) is 0. The van der Waals surface area contributed by atoms with E-state index in [0.29, 0.717) is 13.1 Å². The van der Waals surface area contributed by atoms with Gasteiger partial charge in [0.15, 0.2) is 5.65 Å².